The number of pyridine rings is 1. The lowest BCUT2D eigenvalue weighted by molar-refractivity contribution is 0.276. The van der Waals surface area contributed by atoms with Gasteiger partial charge in [-0.25, -0.2) is 4.98 Å². The van der Waals surface area contributed by atoms with Gasteiger partial charge in [-0.3, -0.25) is 0 Å². The average Bonchev–Trinajstić information content (AvgIpc) is 2.18. The monoisotopic (exact) mass is 208 g/mol. The first-order valence-electron chi connectivity index (χ1n) is 5.12. The van der Waals surface area contributed by atoms with Crippen LogP contribution in [0.3, 0.4) is 0 Å². The molecule has 0 amide bonds. The van der Waals surface area contributed by atoms with Gasteiger partial charge in [0.05, 0.1) is 0 Å². The SMILES string of the molecule is CN(C)CCN(C)Cc1cccnc1N. The van der Waals surface area contributed by atoms with Gasteiger partial charge in [-0.15, -0.1) is 0 Å². The van der Waals surface area contributed by atoms with E-state index in [1.54, 1.807) is 6.20 Å². The standard InChI is InChI=1S/C11H20N4/c1-14(2)7-8-15(3)9-10-5-4-6-13-11(10)12/h4-6H,7-9H2,1-3H3,(H2,12,13). The van der Waals surface area contributed by atoms with Crippen molar-refractivity contribution < 1.29 is 0 Å². The lowest BCUT2D eigenvalue weighted by atomic mass is 10.2. The van der Waals surface area contributed by atoms with Crippen molar-refractivity contribution in [2.45, 2.75) is 6.54 Å². The second-order valence-electron chi connectivity index (χ2n) is 4.09. The van der Waals surface area contributed by atoms with E-state index in [1.165, 1.54) is 0 Å². The fraction of sp³-hybridized carbons (Fsp3) is 0.545. The van der Waals surface area contributed by atoms with Crippen molar-refractivity contribution >= 4 is 5.82 Å². The van der Waals surface area contributed by atoms with Gasteiger partial charge in [0.15, 0.2) is 0 Å². The van der Waals surface area contributed by atoms with Crippen LogP contribution < -0.4 is 5.73 Å². The zero-order valence-corrected chi connectivity index (χ0v) is 9.77. The summed E-state index contributed by atoms with van der Waals surface area (Å²) in [7, 11) is 6.24. The van der Waals surface area contributed by atoms with Crippen molar-refractivity contribution in [1.29, 1.82) is 0 Å². The molecular formula is C11H20N4. The van der Waals surface area contributed by atoms with Crippen LogP contribution in [0.25, 0.3) is 0 Å². The van der Waals surface area contributed by atoms with Gasteiger partial charge in [0.1, 0.15) is 5.82 Å². The summed E-state index contributed by atoms with van der Waals surface area (Å²) in [4.78, 5) is 8.48. The molecule has 1 heterocycles. The van der Waals surface area contributed by atoms with E-state index >= 15 is 0 Å². The van der Waals surface area contributed by atoms with Gasteiger partial charge >= 0.3 is 0 Å². The maximum Gasteiger partial charge on any atom is 0.127 e. The molecule has 0 atom stereocenters. The first-order valence-corrected chi connectivity index (χ1v) is 5.12. The van der Waals surface area contributed by atoms with E-state index in [4.69, 9.17) is 5.73 Å². The van der Waals surface area contributed by atoms with E-state index in [0.29, 0.717) is 5.82 Å². The van der Waals surface area contributed by atoms with Crippen LogP contribution in [-0.2, 0) is 6.54 Å². The molecule has 15 heavy (non-hydrogen) atoms. The lowest BCUT2D eigenvalue weighted by Crippen LogP contribution is -2.28. The molecule has 0 spiro atoms. The molecule has 1 aromatic heterocycles. The Hall–Kier alpha value is -1.13. The largest absolute Gasteiger partial charge is 0.383 e. The maximum absolute atomic E-state index is 5.78. The summed E-state index contributed by atoms with van der Waals surface area (Å²) in [6.45, 7) is 2.94. The molecule has 4 nitrogen and oxygen atoms in total. The van der Waals surface area contributed by atoms with E-state index in [9.17, 15) is 0 Å². The van der Waals surface area contributed by atoms with Gasteiger partial charge < -0.3 is 15.5 Å². The molecule has 0 fully saturated rings. The van der Waals surface area contributed by atoms with Crippen LogP contribution in [-0.4, -0.2) is 49.0 Å². The van der Waals surface area contributed by atoms with Crippen LogP contribution >= 0.6 is 0 Å². The van der Waals surface area contributed by atoms with E-state index in [2.05, 4.69) is 35.9 Å². The molecule has 0 aromatic carbocycles. The van der Waals surface area contributed by atoms with E-state index < -0.39 is 0 Å². The third-order valence-electron chi connectivity index (χ3n) is 2.30. The Bertz CT molecular complexity index is 298. The number of nitrogens with zero attached hydrogens (tertiary/aromatic N) is 3. The van der Waals surface area contributed by atoms with E-state index in [0.717, 1.165) is 25.2 Å². The van der Waals surface area contributed by atoms with Crippen LogP contribution in [0.15, 0.2) is 18.3 Å². The van der Waals surface area contributed by atoms with Crippen LogP contribution in [0, 0.1) is 0 Å². The van der Waals surface area contributed by atoms with Gasteiger partial charge in [0.2, 0.25) is 0 Å². The minimum Gasteiger partial charge on any atom is -0.383 e. The highest BCUT2D eigenvalue weighted by Crippen LogP contribution is 2.08. The second-order valence-corrected chi connectivity index (χ2v) is 4.09. The molecular weight excluding hydrogens is 188 g/mol. The molecule has 2 N–H and O–H groups in total. The normalized spacial score (nSPS) is 11.3. The van der Waals surface area contributed by atoms with Crippen molar-refractivity contribution in [1.82, 2.24) is 14.8 Å². The smallest absolute Gasteiger partial charge is 0.127 e. The zero-order valence-electron chi connectivity index (χ0n) is 9.77. The predicted octanol–water partition coefficient (Wildman–Crippen LogP) is 0.657. The number of nitrogen functional groups attached to an aromatic ring is 1. The number of hydrogen-bond acceptors (Lipinski definition) is 4. The highest BCUT2D eigenvalue weighted by molar-refractivity contribution is 5.38. The average molecular weight is 208 g/mol. The summed E-state index contributed by atoms with van der Waals surface area (Å²) in [6, 6.07) is 3.94. The molecule has 0 saturated carbocycles. The van der Waals surface area contributed by atoms with Crippen molar-refractivity contribution in [2.24, 2.45) is 0 Å². The molecule has 0 unspecified atom stereocenters. The summed E-state index contributed by atoms with van der Waals surface area (Å²) < 4.78 is 0. The van der Waals surface area contributed by atoms with E-state index in [-0.39, 0.29) is 0 Å². The Labute approximate surface area is 91.7 Å². The van der Waals surface area contributed by atoms with Crippen LogP contribution in [0.4, 0.5) is 5.82 Å². The Balaban J connectivity index is 2.44. The van der Waals surface area contributed by atoms with Crippen molar-refractivity contribution in [3.63, 3.8) is 0 Å². The number of rotatable bonds is 5. The van der Waals surface area contributed by atoms with Crippen molar-refractivity contribution in [3.8, 4) is 0 Å². The summed E-state index contributed by atoms with van der Waals surface area (Å²) in [6.07, 6.45) is 1.72. The van der Waals surface area contributed by atoms with E-state index in [1.807, 2.05) is 12.1 Å². The molecule has 0 aliphatic rings. The first kappa shape index (κ1) is 11.9. The molecule has 0 bridgehead atoms. The summed E-state index contributed by atoms with van der Waals surface area (Å²) in [5.41, 5.74) is 6.87. The molecule has 0 aliphatic heterocycles. The Kier molecular flexibility index (Phi) is 4.52. The number of hydrogen-bond donors (Lipinski definition) is 1. The minimum atomic E-state index is 0.634. The Morgan fingerprint density at radius 1 is 1.27 bits per heavy atom. The number of nitrogens with two attached hydrogens (primary N) is 1. The zero-order chi connectivity index (χ0) is 11.3. The van der Waals surface area contributed by atoms with Gasteiger partial charge in [0, 0.05) is 31.4 Å². The van der Waals surface area contributed by atoms with Gasteiger partial charge in [-0.2, -0.15) is 0 Å². The molecule has 4 heteroatoms. The van der Waals surface area contributed by atoms with Crippen LogP contribution in [0.1, 0.15) is 5.56 Å². The quantitative estimate of drug-likeness (QED) is 0.772. The highest BCUT2D eigenvalue weighted by Gasteiger charge is 2.03. The third kappa shape index (κ3) is 4.27. The predicted molar refractivity (Wildman–Crippen MR) is 63.5 cm³/mol. The molecule has 1 rings (SSSR count). The van der Waals surface area contributed by atoms with Gasteiger partial charge in [-0.1, -0.05) is 6.07 Å². The van der Waals surface area contributed by atoms with Crippen molar-refractivity contribution in [2.75, 3.05) is 40.0 Å². The van der Waals surface area contributed by atoms with Gasteiger partial charge in [0.25, 0.3) is 0 Å². The van der Waals surface area contributed by atoms with Crippen LogP contribution in [0.5, 0.6) is 0 Å². The minimum absolute atomic E-state index is 0.634. The highest BCUT2D eigenvalue weighted by atomic mass is 15.1. The Morgan fingerprint density at radius 2 is 2.00 bits per heavy atom. The van der Waals surface area contributed by atoms with Gasteiger partial charge in [-0.05, 0) is 27.2 Å². The maximum atomic E-state index is 5.78. The Morgan fingerprint density at radius 3 is 2.60 bits per heavy atom. The molecule has 84 valence electrons. The molecule has 0 aliphatic carbocycles. The number of anilines is 1. The topological polar surface area (TPSA) is 45.4 Å². The molecule has 0 saturated heterocycles. The summed E-state index contributed by atoms with van der Waals surface area (Å²) in [5.74, 6) is 0.634. The lowest BCUT2D eigenvalue weighted by Gasteiger charge is -2.19. The molecule has 0 radical (unpaired) electrons. The summed E-state index contributed by atoms with van der Waals surface area (Å²) in [5, 5.41) is 0. The third-order valence-corrected chi connectivity index (χ3v) is 2.30. The fourth-order valence-electron chi connectivity index (χ4n) is 1.33. The number of aromatic nitrogens is 1. The summed E-state index contributed by atoms with van der Waals surface area (Å²) >= 11 is 0. The second kappa shape index (κ2) is 5.68. The fourth-order valence-corrected chi connectivity index (χ4v) is 1.33. The van der Waals surface area contributed by atoms with Crippen LogP contribution in [0.2, 0.25) is 0 Å². The molecule has 1 aromatic rings. The van der Waals surface area contributed by atoms with Crippen molar-refractivity contribution in [3.05, 3.63) is 23.9 Å². The number of likely N-dealkylation sites (N-methyl/N-ethyl adjacent to an activating group) is 2. The first-order chi connectivity index (χ1) is 7.09.